The zero-order valence-corrected chi connectivity index (χ0v) is 34.6. The van der Waals surface area contributed by atoms with Crippen LogP contribution in [-0.4, -0.2) is 132 Å². The van der Waals surface area contributed by atoms with Gasteiger partial charge in [-0.15, -0.1) is 0 Å². The summed E-state index contributed by atoms with van der Waals surface area (Å²) in [4.78, 5) is 63.9. The Labute approximate surface area is 333 Å². The zero-order chi connectivity index (χ0) is 42.6. The topological polar surface area (TPSA) is 208 Å². The molecule has 0 aromatic carbocycles. The van der Waals surface area contributed by atoms with Crippen molar-refractivity contribution in [1.82, 2.24) is 9.88 Å². The van der Waals surface area contributed by atoms with Crippen molar-refractivity contribution in [2.75, 3.05) is 27.8 Å². The summed E-state index contributed by atoms with van der Waals surface area (Å²) in [7, 11) is 5.03. The quantitative estimate of drug-likeness (QED) is 0.127. The standard InChI is InChI=1S/C40H57FN4O12/c1-12-28-40(8)33(56-37(50)57-40)23(4)29(44-52-15-13-14-25-17-26(34(42)48)20-43-19-25)21(2)18-38(6,51-11)32(24(5)31(47)39(7,41)36(49)54-28)55-35-30(46)27(45(9)10)16-22(3)53-35/h17,19-24,27-28,30,32-33,35,46H,12,15-16,18H2,1-11H3,(H2,42,48)/b44-29+/t21-,22-,23+,24+,27+,28-,30-,32-,33-,35+,38-,39+,40-/m1/s1. The molecule has 0 unspecified atom stereocenters. The minimum Gasteiger partial charge on any atom is -0.455 e. The number of Topliss-reactive ketones (excluding diaryl/α,β-unsaturated/α-hetero) is 1. The van der Waals surface area contributed by atoms with Crippen LogP contribution in [0.4, 0.5) is 9.18 Å². The number of esters is 1. The van der Waals surface area contributed by atoms with E-state index in [1.807, 2.05) is 32.8 Å². The van der Waals surface area contributed by atoms with Gasteiger partial charge >= 0.3 is 12.1 Å². The molecule has 3 aliphatic heterocycles. The maximum Gasteiger partial charge on any atom is 0.509 e. The molecule has 3 N–H and O–H groups in total. The molecule has 4 heterocycles. The van der Waals surface area contributed by atoms with Crippen molar-refractivity contribution in [3.05, 3.63) is 29.6 Å². The highest BCUT2D eigenvalue weighted by molar-refractivity contribution is 6.08. The minimum atomic E-state index is -3.19. The number of rotatable bonds is 8. The van der Waals surface area contributed by atoms with Crippen molar-refractivity contribution >= 4 is 29.5 Å². The number of primary amides is 1. The van der Waals surface area contributed by atoms with E-state index in [0.717, 1.165) is 6.92 Å². The summed E-state index contributed by atoms with van der Waals surface area (Å²) >= 11 is 0. The molecule has 16 nitrogen and oxygen atoms in total. The molecule has 0 spiro atoms. The third-order valence-corrected chi connectivity index (χ3v) is 11.4. The number of pyridine rings is 1. The third kappa shape index (κ3) is 9.74. The van der Waals surface area contributed by atoms with E-state index in [1.54, 1.807) is 20.8 Å². The summed E-state index contributed by atoms with van der Waals surface area (Å²) in [6.45, 7) is 12.2. The van der Waals surface area contributed by atoms with Crippen LogP contribution in [-0.2, 0) is 42.8 Å². The monoisotopic (exact) mass is 804 g/mol. The number of cyclic esters (lactones) is 1. The molecule has 13 atom stereocenters. The molecular weight excluding hydrogens is 747 g/mol. The number of likely N-dealkylation sites (N-methyl/N-ethyl adjacent to an activating group) is 1. The number of aliphatic hydroxyl groups excluding tert-OH is 1. The fraction of sp³-hybridized carbons (Fsp3) is 0.700. The number of carbonyl (C=O) groups excluding carboxylic acids is 4. The maximum atomic E-state index is 16.7. The van der Waals surface area contributed by atoms with E-state index in [0.29, 0.717) is 17.7 Å². The highest BCUT2D eigenvalue weighted by atomic mass is 19.1. The largest absolute Gasteiger partial charge is 0.509 e. The lowest BCUT2D eigenvalue weighted by Crippen LogP contribution is -2.61. The molecule has 3 aliphatic rings. The molecule has 17 heteroatoms. The molecule has 1 aromatic rings. The van der Waals surface area contributed by atoms with Crippen molar-refractivity contribution in [2.45, 2.75) is 134 Å². The van der Waals surface area contributed by atoms with Gasteiger partial charge in [0.1, 0.15) is 12.2 Å². The Morgan fingerprint density at radius 2 is 1.81 bits per heavy atom. The molecule has 316 valence electrons. The number of aromatic nitrogens is 1. The number of amides is 1. The molecule has 1 amide bonds. The molecule has 3 saturated heterocycles. The van der Waals surface area contributed by atoms with Crippen LogP contribution in [0.3, 0.4) is 0 Å². The maximum absolute atomic E-state index is 16.7. The van der Waals surface area contributed by atoms with E-state index in [4.69, 9.17) is 39.0 Å². The second kappa shape index (κ2) is 18.2. The summed E-state index contributed by atoms with van der Waals surface area (Å²) in [6, 6.07) is 1.11. The van der Waals surface area contributed by atoms with Crippen LogP contribution >= 0.6 is 0 Å². The molecule has 3 fully saturated rings. The first-order valence-electron chi connectivity index (χ1n) is 19.1. The SMILES string of the molecule is CC[C@H]1OC(=O)[C@@](C)(F)C(=O)[C@H](C)[C@@H](O[C@@H]2O[C@H](C)C[C@H](N(C)C)[C@H]2O)[C@](C)(OC)C[C@@H](C)/C(=N\OCC#Cc2cncc(C(N)=O)c2)[C@H](C)[C@H]2OC(=O)O[C@@]21C. The first kappa shape index (κ1) is 45.5. The Balaban J connectivity index is 1.82. The first-order chi connectivity index (χ1) is 26.6. The van der Waals surface area contributed by atoms with Crippen molar-refractivity contribution < 1.29 is 61.9 Å². The van der Waals surface area contributed by atoms with E-state index in [-0.39, 0.29) is 37.2 Å². The second-order valence-electron chi connectivity index (χ2n) is 16.0. The number of alkyl halides is 1. The van der Waals surface area contributed by atoms with Gasteiger partial charge in [0, 0.05) is 48.9 Å². The first-order valence-corrected chi connectivity index (χ1v) is 19.1. The summed E-state index contributed by atoms with van der Waals surface area (Å²) in [5.41, 5.74) is 0.0237. The van der Waals surface area contributed by atoms with Gasteiger partial charge in [0.05, 0.1) is 29.1 Å². The lowest BCUT2D eigenvalue weighted by molar-refractivity contribution is -0.295. The number of ketones is 1. The van der Waals surface area contributed by atoms with Crippen LogP contribution in [0.15, 0.2) is 23.6 Å². The molecule has 0 aliphatic carbocycles. The van der Waals surface area contributed by atoms with Gasteiger partial charge in [-0.2, -0.15) is 0 Å². The van der Waals surface area contributed by atoms with Crippen LogP contribution in [0.2, 0.25) is 0 Å². The molecule has 57 heavy (non-hydrogen) atoms. The Hall–Kier alpha value is -4.21. The number of hydrogen-bond acceptors (Lipinski definition) is 15. The minimum absolute atomic E-state index is 0.0495. The number of hydrogen-bond donors (Lipinski definition) is 2. The van der Waals surface area contributed by atoms with Gasteiger partial charge in [0.25, 0.3) is 5.67 Å². The normalized spacial score (nSPS) is 38.6. The fourth-order valence-electron chi connectivity index (χ4n) is 8.16. The van der Waals surface area contributed by atoms with Crippen LogP contribution in [0.1, 0.15) is 90.6 Å². The van der Waals surface area contributed by atoms with Gasteiger partial charge in [-0.25, -0.2) is 14.0 Å². The number of oxime groups is 1. The molecule has 0 bridgehead atoms. The molecule has 1 aromatic heterocycles. The Bertz CT molecular complexity index is 1750. The molecule has 0 radical (unpaired) electrons. The number of aliphatic hydroxyl groups is 1. The lowest BCUT2D eigenvalue weighted by Gasteiger charge is -2.47. The predicted molar refractivity (Wildman–Crippen MR) is 202 cm³/mol. The van der Waals surface area contributed by atoms with Gasteiger partial charge in [-0.1, -0.05) is 44.7 Å². The van der Waals surface area contributed by atoms with Gasteiger partial charge in [-0.05, 0) is 67.1 Å². The van der Waals surface area contributed by atoms with Gasteiger partial charge in [-0.3, -0.25) is 14.6 Å². The number of nitrogens with zero attached hydrogens (tertiary/aromatic N) is 3. The summed E-state index contributed by atoms with van der Waals surface area (Å²) in [5.74, 6) is -0.392. The van der Waals surface area contributed by atoms with Crippen LogP contribution < -0.4 is 5.73 Å². The number of fused-ring (bicyclic) bond motifs is 1. The summed E-state index contributed by atoms with van der Waals surface area (Å²) in [6.07, 6.45) is -4.18. The van der Waals surface area contributed by atoms with Crippen LogP contribution in [0.25, 0.3) is 0 Å². The van der Waals surface area contributed by atoms with Crippen molar-refractivity contribution in [3.63, 3.8) is 0 Å². The molecule has 0 saturated carbocycles. The average molecular weight is 805 g/mol. The van der Waals surface area contributed by atoms with Crippen molar-refractivity contribution in [1.29, 1.82) is 0 Å². The summed E-state index contributed by atoms with van der Waals surface area (Å²) < 4.78 is 52.6. The smallest absolute Gasteiger partial charge is 0.455 e. The average Bonchev–Trinajstić information content (AvgIpc) is 3.47. The predicted octanol–water partition coefficient (Wildman–Crippen LogP) is 3.35. The fourth-order valence-corrected chi connectivity index (χ4v) is 8.16. The number of carbonyl (C=O) groups is 4. The van der Waals surface area contributed by atoms with Gasteiger partial charge in [0.2, 0.25) is 5.91 Å². The van der Waals surface area contributed by atoms with Crippen LogP contribution in [0, 0.1) is 29.6 Å². The van der Waals surface area contributed by atoms with E-state index in [1.165, 1.54) is 39.4 Å². The Morgan fingerprint density at radius 1 is 1.12 bits per heavy atom. The highest BCUT2D eigenvalue weighted by Crippen LogP contribution is 2.43. The second-order valence-corrected chi connectivity index (χ2v) is 16.0. The summed E-state index contributed by atoms with van der Waals surface area (Å²) in [5, 5.41) is 15.9. The zero-order valence-electron chi connectivity index (χ0n) is 34.6. The van der Waals surface area contributed by atoms with Gasteiger partial charge < -0.3 is 49.0 Å². The number of methoxy groups -OCH3 is 1. The van der Waals surface area contributed by atoms with E-state index >= 15 is 4.39 Å². The van der Waals surface area contributed by atoms with Crippen molar-refractivity contribution in [2.24, 2.45) is 28.6 Å². The van der Waals surface area contributed by atoms with E-state index in [9.17, 15) is 24.3 Å². The number of nitrogens with two attached hydrogens (primary N) is 1. The lowest BCUT2D eigenvalue weighted by atomic mass is 9.73. The van der Waals surface area contributed by atoms with Gasteiger partial charge in [0.15, 0.2) is 30.4 Å². The van der Waals surface area contributed by atoms with E-state index < -0.39 is 89.1 Å². The molecular formula is C40H57FN4O12. The number of ether oxygens (including phenoxy) is 6. The Kier molecular flexibility index (Phi) is 14.5. The van der Waals surface area contributed by atoms with Crippen molar-refractivity contribution in [3.8, 4) is 11.8 Å². The molecule has 4 rings (SSSR count). The van der Waals surface area contributed by atoms with E-state index in [2.05, 4.69) is 22.0 Å². The Morgan fingerprint density at radius 3 is 2.42 bits per heavy atom. The third-order valence-electron chi connectivity index (χ3n) is 11.4. The van der Waals surface area contributed by atoms with Crippen LogP contribution in [0.5, 0.6) is 0 Å². The number of halogens is 1. The highest BCUT2D eigenvalue weighted by Gasteiger charge is 2.60.